The fourth-order valence-corrected chi connectivity index (χ4v) is 2.03. The van der Waals surface area contributed by atoms with Gasteiger partial charge in [-0.1, -0.05) is 55.3 Å². The first-order valence-corrected chi connectivity index (χ1v) is 7.07. The number of halogens is 1. The van der Waals surface area contributed by atoms with Crippen LogP contribution in [0.1, 0.15) is 32.8 Å². The van der Waals surface area contributed by atoms with Crippen LogP contribution in [0.25, 0.3) is 0 Å². The van der Waals surface area contributed by atoms with Crippen molar-refractivity contribution in [3.05, 3.63) is 46.5 Å². The largest absolute Gasteiger partial charge is 0.316 e. The zero-order valence-corrected chi connectivity index (χ0v) is 12.4. The Morgan fingerprint density at radius 3 is 2.72 bits per heavy atom. The highest BCUT2D eigenvalue weighted by atomic mass is 35.5. The molecule has 0 heterocycles. The molecule has 0 aliphatic rings. The summed E-state index contributed by atoms with van der Waals surface area (Å²) in [4.78, 5) is 0. The summed E-state index contributed by atoms with van der Waals surface area (Å²) in [6.07, 6.45) is 4.34. The molecule has 2 heteroatoms. The Hall–Kier alpha value is -0.790. The summed E-state index contributed by atoms with van der Waals surface area (Å²) in [6.45, 7) is 8.78. The average molecular weight is 266 g/mol. The van der Waals surface area contributed by atoms with E-state index < -0.39 is 0 Å². The topological polar surface area (TPSA) is 12.0 Å². The average Bonchev–Trinajstić information content (AvgIpc) is 2.31. The minimum absolute atomic E-state index is 0.721. The lowest BCUT2D eigenvalue weighted by Crippen LogP contribution is -2.20. The summed E-state index contributed by atoms with van der Waals surface area (Å²) in [7, 11) is 0. The normalized spacial score (nSPS) is 12.2. The lowest BCUT2D eigenvalue weighted by Gasteiger charge is -2.07. The van der Waals surface area contributed by atoms with Gasteiger partial charge in [-0.05, 0) is 50.4 Å². The van der Waals surface area contributed by atoms with Crippen LogP contribution in [0.3, 0.4) is 0 Å². The first kappa shape index (κ1) is 15.3. The van der Waals surface area contributed by atoms with Crippen LogP contribution in [0.5, 0.6) is 0 Å². The van der Waals surface area contributed by atoms with Gasteiger partial charge in [0.1, 0.15) is 0 Å². The van der Waals surface area contributed by atoms with E-state index in [4.69, 9.17) is 11.6 Å². The van der Waals surface area contributed by atoms with Crippen molar-refractivity contribution in [2.45, 2.75) is 33.6 Å². The van der Waals surface area contributed by atoms with Crippen molar-refractivity contribution in [1.82, 2.24) is 5.32 Å². The lowest BCUT2D eigenvalue weighted by atomic mass is 10.1. The third-order valence-electron chi connectivity index (χ3n) is 2.79. The number of nitrogens with one attached hydrogen (secondary N) is 1. The highest BCUT2D eigenvalue weighted by Crippen LogP contribution is 2.18. The van der Waals surface area contributed by atoms with Crippen molar-refractivity contribution in [1.29, 1.82) is 0 Å². The third-order valence-corrected chi connectivity index (χ3v) is 3.16. The summed E-state index contributed by atoms with van der Waals surface area (Å²) in [5.74, 6) is 0.721. The molecule has 0 aliphatic heterocycles. The molecule has 1 nitrogen and oxygen atoms in total. The van der Waals surface area contributed by atoms with Crippen LogP contribution < -0.4 is 5.32 Å². The molecule has 1 N–H and O–H groups in total. The Labute approximate surface area is 116 Å². The van der Waals surface area contributed by atoms with E-state index in [2.05, 4.69) is 38.2 Å². The van der Waals surface area contributed by atoms with Gasteiger partial charge in [-0.15, -0.1) is 0 Å². The number of hydrogen-bond donors (Lipinski definition) is 1. The highest BCUT2D eigenvalue weighted by Gasteiger charge is 1.99. The highest BCUT2D eigenvalue weighted by molar-refractivity contribution is 6.31. The van der Waals surface area contributed by atoms with Crippen LogP contribution in [0, 0.1) is 5.92 Å². The smallest absolute Gasteiger partial charge is 0.0441 e. The number of benzene rings is 1. The summed E-state index contributed by atoms with van der Waals surface area (Å²) >= 11 is 6.15. The molecule has 1 aromatic rings. The molecule has 1 rings (SSSR count). The van der Waals surface area contributed by atoms with Gasteiger partial charge in [0.25, 0.3) is 0 Å². The van der Waals surface area contributed by atoms with E-state index in [1.54, 1.807) is 0 Å². The molecule has 0 amide bonds. The summed E-state index contributed by atoms with van der Waals surface area (Å²) < 4.78 is 0. The first-order chi connectivity index (χ1) is 8.59. The second-order valence-corrected chi connectivity index (χ2v) is 5.61. The SMILES string of the molecule is CC(=CCCNCC(C)C)Cc1ccccc1Cl. The first-order valence-electron chi connectivity index (χ1n) is 6.69. The zero-order valence-electron chi connectivity index (χ0n) is 11.7. The van der Waals surface area contributed by atoms with Gasteiger partial charge in [-0.2, -0.15) is 0 Å². The minimum atomic E-state index is 0.721. The molecule has 0 aliphatic carbocycles. The minimum Gasteiger partial charge on any atom is -0.316 e. The number of allylic oxidation sites excluding steroid dienone is 1. The molecule has 100 valence electrons. The standard InChI is InChI=1S/C16H24ClN/c1-13(2)12-18-10-6-7-14(3)11-15-8-4-5-9-16(15)17/h4-5,7-9,13,18H,6,10-12H2,1-3H3. The maximum Gasteiger partial charge on any atom is 0.0441 e. The third kappa shape index (κ3) is 6.23. The van der Waals surface area contributed by atoms with Crippen LogP contribution >= 0.6 is 11.6 Å². The van der Waals surface area contributed by atoms with Crippen LogP contribution in [0.2, 0.25) is 5.02 Å². The van der Waals surface area contributed by atoms with E-state index in [-0.39, 0.29) is 0 Å². The Morgan fingerprint density at radius 1 is 1.33 bits per heavy atom. The summed E-state index contributed by atoms with van der Waals surface area (Å²) in [5, 5.41) is 4.31. The Kier molecular flexibility index (Phi) is 7.07. The Bertz CT molecular complexity index is 382. The molecule has 0 spiro atoms. The molecule has 0 unspecified atom stereocenters. The van der Waals surface area contributed by atoms with Gasteiger partial charge in [0.15, 0.2) is 0 Å². The molecule has 0 radical (unpaired) electrons. The van der Waals surface area contributed by atoms with Crippen molar-refractivity contribution < 1.29 is 0 Å². The predicted molar refractivity (Wildman–Crippen MR) is 81.2 cm³/mol. The maximum absolute atomic E-state index is 6.15. The second kappa shape index (κ2) is 8.34. The van der Waals surface area contributed by atoms with Crippen LogP contribution in [-0.2, 0) is 6.42 Å². The van der Waals surface area contributed by atoms with Gasteiger partial charge in [0, 0.05) is 5.02 Å². The molecule has 0 fully saturated rings. The van der Waals surface area contributed by atoms with E-state index in [1.807, 2.05) is 18.2 Å². The summed E-state index contributed by atoms with van der Waals surface area (Å²) in [6, 6.07) is 8.06. The maximum atomic E-state index is 6.15. The molecular formula is C16H24ClN. The zero-order chi connectivity index (χ0) is 13.4. The molecule has 1 aromatic carbocycles. The molecule has 0 bridgehead atoms. The fourth-order valence-electron chi connectivity index (χ4n) is 1.83. The van der Waals surface area contributed by atoms with Crippen LogP contribution in [-0.4, -0.2) is 13.1 Å². The van der Waals surface area contributed by atoms with Crippen LogP contribution in [0.15, 0.2) is 35.9 Å². The molecule has 0 aromatic heterocycles. The molecule has 18 heavy (non-hydrogen) atoms. The van der Waals surface area contributed by atoms with E-state index in [0.29, 0.717) is 0 Å². The van der Waals surface area contributed by atoms with Gasteiger partial charge in [-0.3, -0.25) is 0 Å². The predicted octanol–water partition coefficient (Wildman–Crippen LogP) is 4.46. The monoisotopic (exact) mass is 265 g/mol. The van der Waals surface area contributed by atoms with Crippen molar-refractivity contribution in [3.63, 3.8) is 0 Å². The second-order valence-electron chi connectivity index (χ2n) is 5.21. The number of rotatable bonds is 7. The lowest BCUT2D eigenvalue weighted by molar-refractivity contribution is 0.556. The van der Waals surface area contributed by atoms with Crippen molar-refractivity contribution in [3.8, 4) is 0 Å². The Balaban J connectivity index is 2.32. The molecule has 0 saturated carbocycles. The van der Waals surface area contributed by atoms with Gasteiger partial charge in [-0.25, -0.2) is 0 Å². The van der Waals surface area contributed by atoms with Gasteiger partial charge >= 0.3 is 0 Å². The number of hydrogen-bond acceptors (Lipinski definition) is 1. The quantitative estimate of drug-likeness (QED) is 0.567. The summed E-state index contributed by atoms with van der Waals surface area (Å²) in [5.41, 5.74) is 2.59. The van der Waals surface area contributed by atoms with E-state index >= 15 is 0 Å². The van der Waals surface area contributed by atoms with E-state index in [0.717, 1.165) is 36.9 Å². The van der Waals surface area contributed by atoms with Crippen molar-refractivity contribution >= 4 is 11.6 Å². The van der Waals surface area contributed by atoms with Crippen molar-refractivity contribution in [2.75, 3.05) is 13.1 Å². The molecule has 0 atom stereocenters. The van der Waals surface area contributed by atoms with Crippen LogP contribution in [0.4, 0.5) is 0 Å². The van der Waals surface area contributed by atoms with Gasteiger partial charge < -0.3 is 5.32 Å². The van der Waals surface area contributed by atoms with Gasteiger partial charge in [0.05, 0.1) is 0 Å². The fraction of sp³-hybridized carbons (Fsp3) is 0.500. The molecular weight excluding hydrogens is 242 g/mol. The van der Waals surface area contributed by atoms with Gasteiger partial charge in [0.2, 0.25) is 0 Å². The van der Waals surface area contributed by atoms with E-state index in [9.17, 15) is 0 Å². The molecule has 0 saturated heterocycles. The van der Waals surface area contributed by atoms with E-state index in [1.165, 1.54) is 11.1 Å². The Morgan fingerprint density at radius 2 is 2.06 bits per heavy atom. The van der Waals surface area contributed by atoms with Crippen molar-refractivity contribution in [2.24, 2.45) is 5.92 Å².